The van der Waals surface area contributed by atoms with Gasteiger partial charge in [0, 0.05) is 48.0 Å². The molecular formula is C18H20ClN3O8S2. The maximum absolute atomic E-state index is 12.0. The Morgan fingerprint density at radius 1 is 0.750 bits per heavy atom. The summed E-state index contributed by atoms with van der Waals surface area (Å²) in [5.74, 6) is -0.419. The summed E-state index contributed by atoms with van der Waals surface area (Å²) in [6, 6.07) is 10.8. The highest BCUT2D eigenvalue weighted by Crippen LogP contribution is 2.19. The van der Waals surface area contributed by atoms with E-state index in [1.165, 1.54) is 52.8 Å². The zero-order chi connectivity index (χ0) is 23.9. The quantitative estimate of drug-likeness (QED) is 0.315. The Kier molecular flexibility index (Phi) is 8.66. The molecule has 32 heavy (non-hydrogen) atoms. The lowest BCUT2D eigenvalue weighted by molar-refractivity contribution is -0.385. The van der Waals surface area contributed by atoms with Gasteiger partial charge in [-0.05, 0) is 24.0 Å². The minimum absolute atomic E-state index is 0.0303. The molecule has 0 unspecified atom stereocenters. The molecule has 1 fully saturated rings. The van der Waals surface area contributed by atoms with Crippen molar-refractivity contribution in [1.82, 2.24) is 4.31 Å². The molecule has 1 heterocycles. The first-order valence-corrected chi connectivity index (χ1v) is 13.3. The first kappa shape index (κ1) is 25.6. The fourth-order valence-electron chi connectivity index (χ4n) is 2.90. The Morgan fingerprint density at radius 2 is 1.12 bits per heavy atom. The van der Waals surface area contributed by atoms with Gasteiger partial charge in [-0.3, -0.25) is 20.2 Å². The van der Waals surface area contributed by atoms with Crippen LogP contribution in [0.5, 0.6) is 0 Å². The first-order chi connectivity index (χ1) is 14.9. The van der Waals surface area contributed by atoms with E-state index in [9.17, 15) is 37.1 Å². The molecule has 0 N–H and O–H groups in total. The Bertz CT molecular complexity index is 1160. The van der Waals surface area contributed by atoms with Gasteiger partial charge in [0.2, 0.25) is 19.1 Å². The van der Waals surface area contributed by atoms with Crippen LogP contribution in [0.3, 0.4) is 0 Å². The standard InChI is InChI=1S/C11H14N2O4S.C7H6ClNO4S/c14-13(15)11-5-3-10(4-6-11)9-18(16,17)12-7-1-2-8-12;8-14(12,13)5-6-1-3-7(4-2-6)9(10)11/h3-6H,1-2,7-9H2;1-4H,5H2. The van der Waals surface area contributed by atoms with Crippen LogP contribution in [0, 0.1) is 20.2 Å². The fraction of sp³-hybridized carbons (Fsp3) is 0.333. The third-order valence-electron chi connectivity index (χ3n) is 4.44. The molecule has 0 aliphatic carbocycles. The van der Waals surface area contributed by atoms with Gasteiger partial charge < -0.3 is 0 Å². The van der Waals surface area contributed by atoms with E-state index in [-0.39, 0.29) is 22.9 Å². The molecule has 3 rings (SSSR count). The molecular weight excluding hydrogens is 486 g/mol. The number of nitro groups is 2. The third-order valence-corrected chi connectivity index (χ3v) is 7.30. The van der Waals surface area contributed by atoms with Crippen molar-refractivity contribution in [1.29, 1.82) is 0 Å². The van der Waals surface area contributed by atoms with Crippen molar-refractivity contribution >= 4 is 41.1 Å². The second-order valence-corrected chi connectivity index (χ2v) is 11.6. The average molecular weight is 506 g/mol. The Morgan fingerprint density at radius 3 is 1.47 bits per heavy atom. The fourth-order valence-corrected chi connectivity index (χ4v) is 5.47. The molecule has 2 aromatic rings. The molecule has 0 atom stereocenters. The van der Waals surface area contributed by atoms with Crippen molar-refractivity contribution < 1.29 is 26.7 Å². The van der Waals surface area contributed by atoms with Gasteiger partial charge in [0.05, 0.1) is 21.4 Å². The van der Waals surface area contributed by atoms with Gasteiger partial charge in [0.15, 0.2) is 0 Å². The number of halogens is 1. The lowest BCUT2D eigenvalue weighted by Crippen LogP contribution is -2.29. The number of non-ortho nitro benzene ring substituents is 2. The summed E-state index contributed by atoms with van der Waals surface area (Å²) < 4.78 is 46.8. The van der Waals surface area contributed by atoms with E-state index >= 15 is 0 Å². The zero-order valence-corrected chi connectivity index (χ0v) is 19.1. The van der Waals surface area contributed by atoms with Crippen molar-refractivity contribution in [3.63, 3.8) is 0 Å². The molecule has 1 aliphatic heterocycles. The molecule has 2 aromatic carbocycles. The maximum atomic E-state index is 12.0. The van der Waals surface area contributed by atoms with Gasteiger partial charge in [-0.2, -0.15) is 0 Å². The second kappa shape index (κ2) is 10.8. The summed E-state index contributed by atoms with van der Waals surface area (Å²) in [4.78, 5) is 19.7. The number of sulfonamides is 1. The third kappa shape index (κ3) is 8.15. The summed E-state index contributed by atoms with van der Waals surface area (Å²) in [7, 11) is -1.88. The van der Waals surface area contributed by atoms with Gasteiger partial charge in [-0.1, -0.05) is 24.3 Å². The zero-order valence-electron chi connectivity index (χ0n) is 16.7. The van der Waals surface area contributed by atoms with Gasteiger partial charge in [0.1, 0.15) is 0 Å². The largest absolute Gasteiger partial charge is 0.269 e. The number of rotatable bonds is 7. The number of nitro benzene ring substituents is 2. The molecule has 1 saturated heterocycles. The number of hydrogen-bond acceptors (Lipinski definition) is 8. The van der Waals surface area contributed by atoms with Crippen molar-refractivity contribution in [2.24, 2.45) is 0 Å². The van der Waals surface area contributed by atoms with E-state index in [0.717, 1.165) is 12.8 Å². The summed E-state index contributed by atoms with van der Waals surface area (Å²) in [5.41, 5.74) is 0.885. The lowest BCUT2D eigenvalue weighted by Gasteiger charge is -2.15. The van der Waals surface area contributed by atoms with Gasteiger partial charge in [-0.25, -0.2) is 21.1 Å². The Labute approximate surface area is 189 Å². The van der Waals surface area contributed by atoms with E-state index in [2.05, 4.69) is 0 Å². The smallest absolute Gasteiger partial charge is 0.258 e. The van der Waals surface area contributed by atoms with Gasteiger partial charge in [0.25, 0.3) is 11.4 Å². The summed E-state index contributed by atoms with van der Waals surface area (Å²) >= 11 is 0. The van der Waals surface area contributed by atoms with Crippen molar-refractivity contribution in [3.8, 4) is 0 Å². The lowest BCUT2D eigenvalue weighted by atomic mass is 10.2. The maximum Gasteiger partial charge on any atom is 0.269 e. The highest BCUT2D eigenvalue weighted by atomic mass is 35.7. The molecule has 0 saturated carbocycles. The molecule has 0 bridgehead atoms. The Balaban J connectivity index is 0.000000235. The second-order valence-electron chi connectivity index (χ2n) is 6.89. The SMILES string of the molecule is O=[N+]([O-])c1ccc(CS(=O)(=O)Cl)cc1.O=[N+]([O-])c1ccc(CS(=O)(=O)N2CCCC2)cc1. The molecule has 14 heteroatoms. The summed E-state index contributed by atoms with van der Waals surface area (Å²) in [6.45, 7) is 1.16. The first-order valence-electron chi connectivity index (χ1n) is 9.24. The van der Waals surface area contributed by atoms with Crippen LogP contribution in [0.2, 0.25) is 0 Å². The van der Waals surface area contributed by atoms with Crippen LogP contribution in [-0.2, 0) is 30.6 Å². The van der Waals surface area contributed by atoms with Crippen LogP contribution >= 0.6 is 10.7 Å². The highest BCUT2D eigenvalue weighted by Gasteiger charge is 2.25. The summed E-state index contributed by atoms with van der Waals surface area (Å²) in [6.07, 6.45) is 1.80. The number of benzene rings is 2. The number of hydrogen-bond donors (Lipinski definition) is 0. The molecule has 0 aromatic heterocycles. The van der Waals surface area contributed by atoms with E-state index in [1.54, 1.807) is 0 Å². The molecule has 174 valence electrons. The monoisotopic (exact) mass is 505 g/mol. The van der Waals surface area contributed by atoms with Gasteiger partial charge in [-0.15, -0.1) is 0 Å². The minimum Gasteiger partial charge on any atom is -0.258 e. The van der Waals surface area contributed by atoms with E-state index in [1.807, 2.05) is 0 Å². The van der Waals surface area contributed by atoms with Crippen LogP contribution in [0.1, 0.15) is 24.0 Å². The van der Waals surface area contributed by atoms with Crippen LogP contribution in [0.4, 0.5) is 11.4 Å². The van der Waals surface area contributed by atoms with Crippen LogP contribution < -0.4 is 0 Å². The predicted molar refractivity (Wildman–Crippen MR) is 118 cm³/mol. The van der Waals surface area contributed by atoms with Crippen molar-refractivity contribution in [2.45, 2.75) is 24.3 Å². The van der Waals surface area contributed by atoms with E-state index in [4.69, 9.17) is 10.7 Å². The average Bonchev–Trinajstić information content (AvgIpc) is 3.24. The minimum atomic E-state index is -3.61. The van der Waals surface area contributed by atoms with Crippen molar-refractivity contribution in [3.05, 3.63) is 79.9 Å². The predicted octanol–water partition coefficient (Wildman–Crippen LogP) is 3.18. The Hall–Kier alpha value is -2.61. The number of nitrogens with zero attached hydrogens (tertiary/aromatic N) is 3. The van der Waals surface area contributed by atoms with Crippen molar-refractivity contribution in [2.75, 3.05) is 13.1 Å². The van der Waals surface area contributed by atoms with Crippen LogP contribution in [-0.4, -0.2) is 44.1 Å². The van der Waals surface area contributed by atoms with Gasteiger partial charge >= 0.3 is 0 Å². The normalized spacial score (nSPS) is 14.4. The molecule has 0 spiro atoms. The van der Waals surface area contributed by atoms with Crippen LogP contribution in [0.25, 0.3) is 0 Å². The molecule has 0 amide bonds. The topological polar surface area (TPSA) is 158 Å². The molecule has 1 aliphatic rings. The highest BCUT2D eigenvalue weighted by molar-refractivity contribution is 8.13. The van der Waals surface area contributed by atoms with E-state index < -0.39 is 28.9 Å². The van der Waals surface area contributed by atoms with Crippen LogP contribution in [0.15, 0.2) is 48.5 Å². The van der Waals surface area contributed by atoms with E-state index in [0.29, 0.717) is 24.2 Å². The molecule has 11 nitrogen and oxygen atoms in total. The molecule has 0 radical (unpaired) electrons. The summed E-state index contributed by atoms with van der Waals surface area (Å²) in [5, 5.41) is 20.7.